The third-order valence-electron chi connectivity index (χ3n) is 3.28. The Hall–Kier alpha value is -2.17. The van der Waals surface area contributed by atoms with Crippen molar-refractivity contribution >= 4 is 35.6 Å². The van der Waals surface area contributed by atoms with E-state index in [1.54, 1.807) is 42.5 Å². The van der Waals surface area contributed by atoms with Crippen LogP contribution in [0.4, 0.5) is 18.9 Å². The molecule has 0 aromatic heterocycles. The molecule has 154 valence electrons. The Morgan fingerprint density at radius 2 is 1.75 bits per heavy atom. The number of guanidine groups is 1. The van der Waals surface area contributed by atoms with E-state index in [9.17, 15) is 13.2 Å². The number of hydrogen-bond acceptors (Lipinski definition) is 3. The SMILES string of the molecule is CC(C)Oc1ccc(NC(N)=NCc2ccccc2OCC(F)(F)F)cc1.I. The van der Waals surface area contributed by atoms with Crippen molar-refractivity contribution in [1.29, 1.82) is 0 Å². The molecule has 0 spiro atoms. The third kappa shape index (κ3) is 8.68. The van der Waals surface area contributed by atoms with Crippen molar-refractivity contribution in [2.45, 2.75) is 32.7 Å². The summed E-state index contributed by atoms with van der Waals surface area (Å²) in [7, 11) is 0. The molecule has 0 saturated carbocycles. The van der Waals surface area contributed by atoms with Gasteiger partial charge in [0, 0.05) is 11.3 Å². The standard InChI is InChI=1S/C19H22F3N3O2.HI/c1-13(2)27-16-9-7-15(8-10-16)25-18(23)24-11-14-5-3-4-6-17(14)26-12-19(20,21)22;/h3-10,13H,11-12H2,1-2H3,(H3,23,24,25);1H. The molecule has 5 nitrogen and oxygen atoms in total. The van der Waals surface area contributed by atoms with E-state index >= 15 is 0 Å². The largest absolute Gasteiger partial charge is 0.491 e. The smallest absolute Gasteiger partial charge is 0.422 e. The maximum atomic E-state index is 12.3. The van der Waals surface area contributed by atoms with Gasteiger partial charge in [0.1, 0.15) is 11.5 Å². The van der Waals surface area contributed by atoms with Gasteiger partial charge in [-0.15, -0.1) is 24.0 Å². The maximum Gasteiger partial charge on any atom is 0.422 e. The van der Waals surface area contributed by atoms with Gasteiger partial charge >= 0.3 is 6.18 Å². The number of rotatable bonds is 7. The zero-order valence-corrected chi connectivity index (χ0v) is 17.8. The number of nitrogens with two attached hydrogens (primary N) is 1. The summed E-state index contributed by atoms with van der Waals surface area (Å²) in [5.74, 6) is 1.00. The number of benzene rings is 2. The highest BCUT2D eigenvalue weighted by Crippen LogP contribution is 2.23. The van der Waals surface area contributed by atoms with E-state index < -0.39 is 12.8 Å². The number of alkyl halides is 3. The van der Waals surface area contributed by atoms with Crippen molar-refractivity contribution in [3.05, 3.63) is 54.1 Å². The fourth-order valence-electron chi connectivity index (χ4n) is 2.18. The number of halogens is 4. The molecule has 0 aliphatic carbocycles. The lowest BCUT2D eigenvalue weighted by Gasteiger charge is -2.12. The van der Waals surface area contributed by atoms with Crippen molar-refractivity contribution in [2.75, 3.05) is 11.9 Å². The summed E-state index contributed by atoms with van der Waals surface area (Å²) >= 11 is 0. The zero-order valence-electron chi connectivity index (χ0n) is 15.5. The van der Waals surface area contributed by atoms with Crippen LogP contribution >= 0.6 is 24.0 Å². The Labute approximate surface area is 179 Å². The number of hydrogen-bond donors (Lipinski definition) is 2. The van der Waals surface area contributed by atoms with Gasteiger partial charge in [-0.2, -0.15) is 13.2 Å². The molecule has 0 unspecified atom stereocenters. The summed E-state index contributed by atoms with van der Waals surface area (Å²) in [4.78, 5) is 4.16. The monoisotopic (exact) mass is 509 g/mol. The maximum absolute atomic E-state index is 12.3. The highest BCUT2D eigenvalue weighted by atomic mass is 127. The van der Waals surface area contributed by atoms with Crippen LogP contribution in [0.25, 0.3) is 0 Å². The average molecular weight is 509 g/mol. The second-order valence-corrected chi connectivity index (χ2v) is 6.03. The summed E-state index contributed by atoms with van der Waals surface area (Å²) in [5, 5.41) is 2.92. The zero-order chi connectivity index (χ0) is 19.9. The van der Waals surface area contributed by atoms with E-state index in [-0.39, 0.29) is 48.3 Å². The van der Waals surface area contributed by atoms with Gasteiger partial charge in [0.15, 0.2) is 12.6 Å². The van der Waals surface area contributed by atoms with E-state index in [2.05, 4.69) is 10.3 Å². The van der Waals surface area contributed by atoms with Crippen LogP contribution in [-0.2, 0) is 6.54 Å². The first kappa shape index (κ1) is 23.9. The molecule has 0 atom stereocenters. The first-order valence-corrected chi connectivity index (χ1v) is 8.34. The molecular weight excluding hydrogens is 486 g/mol. The topological polar surface area (TPSA) is 68.9 Å². The molecule has 2 aromatic carbocycles. The van der Waals surface area contributed by atoms with Gasteiger partial charge in [-0.25, -0.2) is 4.99 Å². The van der Waals surface area contributed by atoms with Crippen molar-refractivity contribution in [2.24, 2.45) is 10.7 Å². The highest BCUT2D eigenvalue weighted by Gasteiger charge is 2.28. The highest BCUT2D eigenvalue weighted by molar-refractivity contribution is 14.0. The summed E-state index contributed by atoms with van der Waals surface area (Å²) in [6.45, 7) is 2.60. The first-order valence-electron chi connectivity index (χ1n) is 8.34. The van der Waals surface area contributed by atoms with Gasteiger partial charge in [0.25, 0.3) is 0 Å². The predicted molar refractivity (Wildman–Crippen MR) is 115 cm³/mol. The number of ether oxygens (including phenoxy) is 2. The summed E-state index contributed by atoms with van der Waals surface area (Å²) in [6, 6.07) is 13.6. The minimum absolute atomic E-state index is 0. The molecule has 28 heavy (non-hydrogen) atoms. The van der Waals surface area contributed by atoms with Gasteiger partial charge in [-0.1, -0.05) is 18.2 Å². The van der Waals surface area contributed by atoms with Crippen LogP contribution in [0.3, 0.4) is 0 Å². The molecule has 0 heterocycles. The molecule has 0 aliphatic rings. The van der Waals surface area contributed by atoms with E-state index in [0.717, 1.165) is 5.75 Å². The molecular formula is C19H23F3IN3O2. The lowest BCUT2D eigenvalue weighted by atomic mass is 10.2. The van der Waals surface area contributed by atoms with Gasteiger partial charge < -0.3 is 20.5 Å². The normalized spacial score (nSPS) is 11.7. The molecule has 2 aromatic rings. The van der Waals surface area contributed by atoms with Gasteiger partial charge in [0.05, 0.1) is 12.6 Å². The van der Waals surface area contributed by atoms with Crippen LogP contribution in [0.5, 0.6) is 11.5 Å². The number of anilines is 1. The Morgan fingerprint density at radius 1 is 1.11 bits per heavy atom. The number of nitrogens with one attached hydrogen (secondary N) is 1. The Bertz CT molecular complexity index is 766. The Morgan fingerprint density at radius 3 is 2.36 bits per heavy atom. The molecule has 0 aliphatic heterocycles. The Balaban J connectivity index is 0.00000392. The molecule has 0 fully saturated rings. The minimum Gasteiger partial charge on any atom is -0.491 e. The van der Waals surface area contributed by atoms with Gasteiger partial charge in [-0.05, 0) is 44.2 Å². The molecule has 9 heteroatoms. The van der Waals surface area contributed by atoms with Crippen molar-refractivity contribution < 1.29 is 22.6 Å². The third-order valence-corrected chi connectivity index (χ3v) is 3.28. The fourth-order valence-corrected chi connectivity index (χ4v) is 2.18. The lowest BCUT2D eigenvalue weighted by molar-refractivity contribution is -0.153. The molecule has 2 rings (SSSR count). The van der Waals surface area contributed by atoms with Crippen molar-refractivity contribution in [1.82, 2.24) is 0 Å². The van der Waals surface area contributed by atoms with Gasteiger partial charge in [-0.3, -0.25) is 0 Å². The summed E-state index contributed by atoms with van der Waals surface area (Å²) < 4.78 is 47.4. The predicted octanol–water partition coefficient (Wildman–Crippen LogP) is 4.96. The van der Waals surface area contributed by atoms with Crippen molar-refractivity contribution in [3.63, 3.8) is 0 Å². The van der Waals surface area contributed by atoms with Crippen LogP contribution in [0.1, 0.15) is 19.4 Å². The van der Waals surface area contributed by atoms with E-state index in [1.807, 2.05) is 13.8 Å². The second-order valence-electron chi connectivity index (χ2n) is 6.03. The summed E-state index contributed by atoms with van der Waals surface area (Å²) in [5.41, 5.74) is 7.08. The van der Waals surface area contributed by atoms with Crippen LogP contribution in [0, 0.1) is 0 Å². The molecule has 3 N–H and O–H groups in total. The van der Waals surface area contributed by atoms with Crippen LogP contribution in [-0.4, -0.2) is 24.8 Å². The van der Waals surface area contributed by atoms with Crippen LogP contribution in [0.2, 0.25) is 0 Å². The average Bonchev–Trinajstić information content (AvgIpc) is 2.59. The van der Waals surface area contributed by atoms with E-state index in [4.69, 9.17) is 15.2 Å². The Kier molecular flexibility index (Phi) is 9.36. The quantitative estimate of drug-likeness (QED) is 0.315. The molecule has 0 bridgehead atoms. The molecule has 0 radical (unpaired) electrons. The number of aliphatic imine (C=N–C) groups is 1. The minimum atomic E-state index is -4.40. The molecule has 0 saturated heterocycles. The number of para-hydroxylation sites is 1. The lowest BCUT2D eigenvalue weighted by Crippen LogP contribution is -2.22. The fraction of sp³-hybridized carbons (Fsp3) is 0.316. The van der Waals surface area contributed by atoms with Crippen LogP contribution in [0.15, 0.2) is 53.5 Å². The number of nitrogens with zero attached hydrogens (tertiary/aromatic N) is 1. The summed E-state index contributed by atoms with van der Waals surface area (Å²) in [6.07, 6.45) is -4.32. The van der Waals surface area contributed by atoms with Gasteiger partial charge in [0.2, 0.25) is 0 Å². The second kappa shape index (κ2) is 11.0. The molecule has 0 amide bonds. The van der Waals surface area contributed by atoms with Crippen LogP contribution < -0.4 is 20.5 Å². The van der Waals surface area contributed by atoms with Crippen molar-refractivity contribution in [3.8, 4) is 11.5 Å². The first-order chi connectivity index (χ1) is 12.7. The van der Waals surface area contributed by atoms with E-state index in [1.165, 1.54) is 6.07 Å². The van der Waals surface area contributed by atoms with E-state index in [0.29, 0.717) is 11.3 Å².